The second-order valence-corrected chi connectivity index (χ2v) is 6.94. The van der Waals surface area contributed by atoms with Crippen molar-refractivity contribution in [3.8, 4) is 0 Å². The van der Waals surface area contributed by atoms with Gasteiger partial charge in [-0.05, 0) is 44.1 Å². The average Bonchev–Trinajstić information content (AvgIpc) is 3.14. The summed E-state index contributed by atoms with van der Waals surface area (Å²) in [6.45, 7) is 6.99. The van der Waals surface area contributed by atoms with Crippen molar-refractivity contribution >= 4 is 11.8 Å². The molecule has 2 saturated heterocycles. The Balaban J connectivity index is 1.56. The largest absolute Gasteiger partial charge is 0.343 e. The van der Waals surface area contributed by atoms with Crippen LogP contribution in [0.1, 0.15) is 42.4 Å². The zero-order valence-corrected chi connectivity index (χ0v) is 14.3. The first-order valence-corrected chi connectivity index (χ1v) is 8.51. The van der Waals surface area contributed by atoms with E-state index < -0.39 is 0 Å². The van der Waals surface area contributed by atoms with Gasteiger partial charge in [-0.1, -0.05) is 0 Å². The van der Waals surface area contributed by atoms with Crippen LogP contribution >= 0.6 is 0 Å². The van der Waals surface area contributed by atoms with Crippen molar-refractivity contribution in [3.05, 3.63) is 17.5 Å². The predicted molar refractivity (Wildman–Crippen MR) is 86.9 cm³/mol. The summed E-state index contributed by atoms with van der Waals surface area (Å²) < 4.78 is 1.75. The average molecular weight is 318 g/mol. The molecule has 3 rings (SSSR count). The van der Waals surface area contributed by atoms with Crippen LogP contribution in [0.5, 0.6) is 0 Å². The summed E-state index contributed by atoms with van der Waals surface area (Å²) in [4.78, 5) is 27.9. The van der Waals surface area contributed by atoms with Gasteiger partial charge in [-0.2, -0.15) is 5.10 Å². The molecule has 0 aliphatic carbocycles. The van der Waals surface area contributed by atoms with Crippen molar-refractivity contribution in [1.82, 2.24) is 19.6 Å². The molecule has 2 fully saturated rings. The van der Waals surface area contributed by atoms with Crippen LogP contribution in [0.4, 0.5) is 0 Å². The molecule has 6 nitrogen and oxygen atoms in total. The molecule has 0 spiro atoms. The highest BCUT2D eigenvalue weighted by Gasteiger charge is 2.34. The van der Waals surface area contributed by atoms with Gasteiger partial charge in [0, 0.05) is 45.8 Å². The van der Waals surface area contributed by atoms with Gasteiger partial charge in [0.25, 0.3) is 5.91 Å². The summed E-state index contributed by atoms with van der Waals surface area (Å²) in [6, 6.07) is 1.86. The molecule has 126 valence electrons. The molecule has 2 amide bonds. The van der Waals surface area contributed by atoms with Crippen molar-refractivity contribution in [2.24, 2.45) is 18.9 Å². The smallest absolute Gasteiger partial charge is 0.274 e. The Morgan fingerprint density at radius 2 is 1.70 bits per heavy atom. The van der Waals surface area contributed by atoms with E-state index >= 15 is 0 Å². The van der Waals surface area contributed by atoms with Crippen LogP contribution < -0.4 is 0 Å². The fraction of sp³-hybridized carbons (Fsp3) is 0.706. The van der Waals surface area contributed by atoms with Gasteiger partial charge in [0.1, 0.15) is 0 Å². The lowest BCUT2D eigenvalue weighted by Gasteiger charge is -2.34. The second-order valence-electron chi connectivity index (χ2n) is 6.94. The van der Waals surface area contributed by atoms with Gasteiger partial charge in [0.05, 0.1) is 0 Å². The van der Waals surface area contributed by atoms with E-state index in [1.54, 1.807) is 11.6 Å². The third kappa shape index (κ3) is 3.26. The molecule has 0 saturated carbocycles. The Bertz CT molecular complexity index is 582. The minimum Gasteiger partial charge on any atom is -0.343 e. The molecule has 0 bridgehead atoms. The number of carbonyl (C=O) groups is 2. The first-order valence-electron chi connectivity index (χ1n) is 8.51. The van der Waals surface area contributed by atoms with Crippen molar-refractivity contribution in [1.29, 1.82) is 0 Å². The second kappa shape index (κ2) is 6.34. The first-order chi connectivity index (χ1) is 11.0. The van der Waals surface area contributed by atoms with E-state index in [0.29, 0.717) is 17.5 Å². The molecule has 0 N–H and O–H groups in total. The maximum absolute atomic E-state index is 12.6. The third-order valence-corrected chi connectivity index (χ3v) is 5.50. The zero-order chi connectivity index (χ0) is 16.6. The van der Waals surface area contributed by atoms with E-state index in [1.165, 1.54) is 0 Å². The van der Waals surface area contributed by atoms with E-state index in [2.05, 4.69) is 5.10 Å². The Morgan fingerprint density at radius 3 is 2.26 bits per heavy atom. The number of rotatable bonds is 2. The number of amides is 2. The number of carbonyl (C=O) groups excluding carboxylic acids is 2. The summed E-state index contributed by atoms with van der Waals surface area (Å²) in [5.74, 6) is 1.43. The Labute approximate surface area is 137 Å². The number of aryl methyl sites for hydroxylation is 2. The standard InChI is InChI=1S/C17H26N4O2/c1-12-10-16(18-19(12)3)17(23)21-9-6-15(11-21)14-4-7-20(8-5-14)13(2)22/h10,14-15H,4-9,11H2,1-3H3. The molecular formula is C17H26N4O2. The number of aromatic nitrogens is 2. The van der Waals surface area contributed by atoms with Gasteiger partial charge in [0.15, 0.2) is 5.69 Å². The van der Waals surface area contributed by atoms with Gasteiger partial charge in [-0.25, -0.2) is 0 Å². The van der Waals surface area contributed by atoms with E-state index in [0.717, 1.165) is 51.1 Å². The van der Waals surface area contributed by atoms with Crippen molar-refractivity contribution in [2.45, 2.75) is 33.1 Å². The number of likely N-dealkylation sites (tertiary alicyclic amines) is 2. The lowest BCUT2D eigenvalue weighted by molar-refractivity contribution is -0.130. The van der Waals surface area contributed by atoms with Crippen LogP contribution in [0.3, 0.4) is 0 Å². The lowest BCUT2D eigenvalue weighted by atomic mass is 9.84. The van der Waals surface area contributed by atoms with Crippen LogP contribution in [-0.4, -0.2) is 57.6 Å². The highest BCUT2D eigenvalue weighted by Crippen LogP contribution is 2.32. The van der Waals surface area contributed by atoms with E-state index in [4.69, 9.17) is 0 Å². The molecule has 1 aromatic rings. The molecule has 2 aliphatic heterocycles. The summed E-state index contributed by atoms with van der Waals surface area (Å²) in [5.41, 5.74) is 1.55. The van der Waals surface area contributed by atoms with Crippen LogP contribution in [-0.2, 0) is 11.8 Å². The zero-order valence-electron chi connectivity index (χ0n) is 14.3. The molecule has 1 unspecified atom stereocenters. The fourth-order valence-electron chi connectivity index (χ4n) is 3.87. The quantitative estimate of drug-likeness (QED) is 0.829. The highest BCUT2D eigenvalue weighted by atomic mass is 16.2. The maximum atomic E-state index is 12.6. The van der Waals surface area contributed by atoms with Gasteiger partial charge in [0.2, 0.25) is 5.91 Å². The van der Waals surface area contributed by atoms with Crippen molar-refractivity contribution in [3.63, 3.8) is 0 Å². The van der Waals surface area contributed by atoms with E-state index in [1.807, 2.05) is 29.8 Å². The van der Waals surface area contributed by atoms with E-state index in [-0.39, 0.29) is 11.8 Å². The fourth-order valence-corrected chi connectivity index (χ4v) is 3.87. The predicted octanol–water partition coefficient (Wildman–Crippen LogP) is 1.45. The minimum absolute atomic E-state index is 0.0531. The summed E-state index contributed by atoms with van der Waals surface area (Å²) in [7, 11) is 1.86. The molecule has 0 radical (unpaired) electrons. The topological polar surface area (TPSA) is 58.4 Å². The molecule has 1 atom stereocenters. The third-order valence-electron chi connectivity index (χ3n) is 5.50. The van der Waals surface area contributed by atoms with Crippen LogP contribution in [0.15, 0.2) is 6.07 Å². The normalized spacial score (nSPS) is 22.7. The van der Waals surface area contributed by atoms with Gasteiger partial charge < -0.3 is 9.80 Å². The Morgan fingerprint density at radius 1 is 1.09 bits per heavy atom. The maximum Gasteiger partial charge on any atom is 0.274 e. The van der Waals surface area contributed by atoms with Crippen molar-refractivity contribution in [2.75, 3.05) is 26.2 Å². The monoisotopic (exact) mass is 318 g/mol. The first kappa shape index (κ1) is 16.0. The van der Waals surface area contributed by atoms with Gasteiger partial charge >= 0.3 is 0 Å². The molecule has 23 heavy (non-hydrogen) atoms. The Hall–Kier alpha value is -1.85. The number of nitrogens with zero attached hydrogens (tertiary/aromatic N) is 4. The Kier molecular flexibility index (Phi) is 4.41. The molecule has 3 heterocycles. The van der Waals surface area contributed by atoms with Crippen LogP contribution in [0.2, 0.25) is 0 Å². The van der Waals surface area contributed by atoms with Crippen LogP contribution in [0.25, 0.3) is 0 Å². The van der Waals surface area contributed by atoms with Crippen LogP contribution in [0, 0.1) is 18.8 Å². The summed E-state index contributed by atoms with van der Waals surface area (Å²) >= 11 is 0. The molecule has 2 aliphatic rings. The summed E-state index contributed by atoms with van der Waals surface area (Å²) in [6.07, 6.45) is 3.20. The summed E-state index contributed by atoms with van der Waals surface area (Å²) in [5, 5.41) is 4.30. The van der Waals surface area contributed by atoms with Crippen molar-refractivity contribution < 1.29 is 9.59 Å². The highest BCUT2D eigenvalue weighted by molar-refractivity contribution is 5.92. The van der Waals surface area contributed by atoms with Gasteiger partial charge in [-0.3, -0.25) is 14.3 Å². The lowest BCUT2D eigenvalue weighted by Crippen LogP contribution is -2.39. The molecular weight excluding hydrogens is 292 g/mol. The number of hydrogen-bond donors (Lipinski definition) is 0. The SMILES string of the molecule is CC(=O)N1CCC(C2CCN(C(=O)c3cc(C)n(C)n3)C2)CC1. The number of piperidine rings is 1. The molecule has 1 aromatic heterocycles. The molecule has 6 heteroatoms. The number of hydrogen-bond acceptors (Lipinski definition) is 3. The van der Waals surface area contributed by atoms with E-state index in [9.17, 15) is 9.59 Å². The molecule has 0 aromatic carbocycles. The van der Waals surface area contributed by atoms with Gasteiger partial charge in [-0.15, -0.1) is 0 Å². The minimum atomic E-state index is 0.0531.